The Hall–Kier alpha value is -1.71. The molecular weight excluding hydrogens is 266 g/mol. The van der Waals surface area contributed by atoms with Crippen LogP contribution in [-0.4, -0.2) is 26.2 Å². The van der Waals surface area contributed by atoms with Crippen molar-refractivity contribution in [1.29, 1.82) is 0 Å². The molecule has 0 fully saturated rings. The Balaban J connectivity index is 1.79. The lowest BCUT2D eigenvalue weighted by atomic mass is 9.91. The number of benzene rings is 1. The fraction of sp³-hybridized carbons (Fsp3) is 0.588. The molecule has 1 aliphatic carbocycles. The summed E-state index contributed by atoms with van der Waals surface area (Å²) in [6, 6.07) is 2.14. The summed E-state index contributed by atoms with van der Waals surface area (Å²) in [5.41, 5.74) is 4.21. The summed E-state index contributed by atoms with van der Waals surface area (Å²) in [4.78, 5) is 11.4. The van der Waals surface area contributed by atoms with Crippen LogP contribution in [0.1, 0.15) is 48.8 Å². The summed E-state index contributed by atoms with van der Waals surface area (Å²) in [6.07, 6.45) is 4.81. The van der Waals surface area contributed by atoms with Crippen LogP contribution in [0.25, 0.3) is 0 Å². The molecule has 4 heteroatoms. The molecule has 1 aromatic carbocycles. The fourth-order valence-electron chi connectivity index (χ4n) is 3.57. The Morgan fingerprint density at radius 1 is 1.48 bits per heavy atom. The van der Waals surface area contributed by atoms with Gasteiger partial charge in [0.15, 0.2) is 11.5 Å². The lowest BCUT2D eigenvalue weighted by Gasteiger charge is -2.17. The van der Waals surface area contributed by atoms with Crippen LogP contribution in [0.4, 0.5) is 0 Å². The van der Waals surface area contributed by atoms with Gasteiger partial charge in [0, 0.05) is 24.9 Å². The Kier molecular flexibility index (Phi) is 4.04. The number of ether oxygens (including phenoxy) is 2. The zero-order valence-corrected chi connectivity index (χ0v) is 12.8. The maximum absolute atomic E-state index is 11.4. The van der Waals surface area contributed by atoms with Crippen molar-refractivity contribution in [3.05, 3.63) is 22.8 Å². The van der Waals surface area contributed by atoms with Gasteiger partial charge in [0.1, 0.15) is 0 Å². The third kappa shape index (κ3) is 2.59. The van der Waals surface area contributed by atoms with Crippen LogP contribution < -0.4 is 14.8 Å². The first-order valence-corrected chi connectivity index (χ1v) is 7.86. The van der Waals surface area contributed by atoms with Gasteiger partial charge < -0.3 is 14.8 Å². The van der Waals surface area contributed by atoms with Crippen LogP contribution in [0.5, 0.6) is 11.5 Å². The van der Waals surface area contributed by atoms with Crippen molar-refractivity contribution < 1.29 is 14.3 Å². The van der Waals surface area contributed by atoms with Gasteiger partial charge in [0.25, 0.3) is 0 Å². The molecule has 0 aromatic heterocycles. The van der Waals surface area contributed by atoms with E-state index >= 15 is 0 Å². The molecule has 0 bridgehead atoms. The zero-order chi connectivity index (χ0) is 14.8. The molecule has 0 saturated heterocycles. The SMILES string of the molecule is CCC(=O)NCC[C@@H]1CCc2cc(OC)c3c(c21)CCO3. The highest BCUT2D eigenvalue weighted by molar-refractivity contribution is 5.75. The molecule has 4 nitrogen and oxygen atoms in total. The van der Waals surface area contributed by atoms with E-state index in [0.717, 1.165) is 50.3 Å². The minimum absolute atomic E-state index is 0.136. The number of hydrogen-bond acceptors (Lipinski definition) is 3. The van der Waals surface area contributed by atoms with Crippen molar-refractivity contribution in [2.75, 3.05) is 20.3 Å². The van der Waals surface area contributed by atoms with Gasteiger partial charge >= 0.3 is 0 Å². The second-order valence-electron chi connectivity index (χ2n) is 5.79. The van der Waals surface area contributed by atoms with Crippen LogP contribution in [0, 0.1) is 0 Å². The topological polar surface area (TPSA) is 47.6 Å². The Morgan fingerprint density at radius 2 is 2.33 bits per heavy atom. The van der Waals surface area contributed by atoms with Crippen molar-refractivity contribution in [1.82, 2.24) is 5.32 Å². The van der Waals surface area contributed by atoms with Gasteiger partial charge in [-0.2, -0.15) is 0 Å². The third-order valence-corrected chi connectivity index (χ3v) is 4.60. The monoisotopic (exact) mass is 289 g/mol. The van der Waals surface area contributed by atoms with Crippen molar-refractivity contribution in [3.63, 3.8) is 0 Å². The molecule has 0 saturated carbocycles. The first-order valence-electron chi connectivity index (χ1n) is 7.86. The van der Waals surface area contributed by atoms with Gasteiger partial charge in [-0.25, -0.2) is 0 Å². The molecule has 1 aliphatic heterocycles. The predicted octanol–water partition coefficient (Wildman–Crippen LogP) is 2.58. The van der Waals surface area contributed by atoms with E-state index in [1.165, 1.54) is 16.7 Å². The smallest absolute Gasteiger partial charge is 0.219 e. The van der Waals surface area contributed by atoms with Crippen LogP contribution in [0.15, 0.2) is 6.07 Å². The highest BCUT2D eigenvalue weighted by Gasteiger charge is 2.31. The fourth-order valence-corrected chi connectivity index (χ4v) is 3.57. The molecule has 1 aromatic rings. The number of aryl methyl sites for hydroxylation is 1. The number of nitrogens with one attached hydrogen (secondary N) is 1. The van der Waals surface area contributed by atoms with E-state index in [1.54, 1.807) is 7.11 Å². The lowest BCUT2D eigenvalue weighted by Crippen LogP contribution is -2.24. The Labute approximate surface area is 125 Å². The van der Waals surface area contributed by atoms with Gasteiger partial charge in [0.2, 0.25) is 5.91 Å². The summed E-state index contributed by atoms with van der Waals surface area (Å²) in [5, 5.41) is 2.99. The zero-order valence-electron chi connectivity index (χ0n) is 12.8. The van der Waals surface area contributed by atoms with Gasteiger partial charge in [-0.3, -0.25) is 4.79 Å². The van der Waals surface area contributed by atoms with Crippen LogP contribution >= 0.6 is 0 Å². The molecule has 0 unspecified atom stereocenters. The largest absolute Gasteiger partial charge is 0.493 e. The Morgan fingerprint density at radius 3 is 3.10 bits per heavy atom. The number of rotatable bonds is 5. The maximum Gasteiger partial charge on any atom is 0.219 e. The highest BCUT2D eigenvalue weighted by atomic mass is 16.5. The van der Waals surface area contributed by atoms with Gasteiger partial charge in [-0.1, -0.05) is 6.92 Å². The molecular formula is C17H23NO3. The lowest BCUT2D eigenvalue weighted by molar-refractivity contribution is -0.120. The highest BCUT2D eigenvalue weighted by Crippen LogP contribution is 2.47. The predicted molar refractivity (Wildman–Crippen MR) is 81.2 cm³/mol. The second-order valence-corrected chi connectivity index (χ2v) is 5.79. The van der Waals surface area contributed by atoms with E-state index in [0.29, 0.717) is 12.3 Å². The number of methoxy groups -OCH3 is 1. The maximum atomic E-state index is 11.4. The average molecular weight is 289 g/mol. The van der Waals surface area contributed by atoms with Gasteiger partial charge in [-0.05, 0) is 42.4 Å². The standard InChI is InChI=1S/C17H23NO3/c1-3-15(19)18-8-6-11-4-5-12-10-14(20-2)17-13(16(11)12)7-9-21-17/h10-11H,3-9H2,1-2H3,(H,18,19)/t11-/m0/s1. The first kappa shape index (κ1) is 14.2. The normalized spacial score (nSPS) is 18.9. The van der Waals surface area contributed by atoms with Crippen molar-refractivity contribution in [2.24, 2.45) is 0 Å². The molecule has 3 rings (SSSR count). The molecule has 0 radical (unpaired) electrons. The van der Waals surface area contributed by atoms with E-state index in [1.807, 2.05) is 6.92 Å². The van der Waals surface area contributed by atoms with E-state index < -0.39 is 0 Å². The van der Waals surface area contributed by atoms with E-state index in [-0.39, 0.29) is 5.91 Å². The van der Waals surface area contributed by atoms with Crippen molar-refractivity contribution >= 4 is 5.91 Å². The number of carbonyl (C=O) groups is 1. The molecule has 1 amide bonds. The number of amides is 1. The second kappa shape index (κ2) is 5.96. The minimum atomic E-state index is 0.136. The van der Waals surface area contributed by atoms with Crippen molar-refractivity contribution in [3.8, 4) is 11.5 Å². The molecule has 0 spiro atoms. The minimum Gasteiger partial charge on any atom is -0.493 e. The number of fused-ring (bicyclic) bond motifs is 3. The summed E-state index contributed by atoms with van der Waals surface area (Å²) in [7, 11) is 1.70. The molecule has 21 heavy (non-hydrogen) atoms. The quantitative estimate of drug-likeness (QED) is 0.906. The average Bonchev–Trinajstić information content (AvgIpc) is 3.12. The molecule has 1 N–H and O–H groups in total. The molecule has 1 atom stereocenters. The van der Waals surface area contributed by atoms with Crippen molar-refractivity contribution in [2.45, 2.75) is 44.9 Å². The first-order chi connectivity index (χ1) is 10.2. The van der Waals surface area contributed by atoms with Crippen LogP contribution in [0.2, 0.25) is 0 Å². The number of hydrogen-bond donors (Lipinski definition) is 1. The molecule has 114 valence electrons. The van der Waals surface area contributed by atoms with E-state index in [9.17, 15) is 4.79 Å². The summed E-state index contributed by atoms with van der Waals surface area (Å²) >= 11 is 0. The van der Waals surface area contributed by atoms with Crippen LogP contribution in [0.3, 0.4) is 0 Å². The van der Waals surface area contributed by atoms with Crippen LogP contribution in [-0.2, 0) is 17.6 Å². The van der Waals surface area contributed by atoms with Gasteiger partial charge in [-0.15, -0.1) is 0 Å². The van der Waals surface area contributed by atoms with E-state index in [2.05, 4.69) is 11.4 Å². The Bertz CT molecular complexity index is 553. The summed E-state index contributed by atoms with van der Waals surface area (Å²) < 4.78 is 11.2. The van der Waals surface area contributed by atoms with E-state index in [4.69, 9.17) is 9.47 Å². The summed E-state index contributed by atoms with van der Waals surface area (Å²) in [5.74, 6) is 2.50. The summed E-state index contributed by atoms with van der Waals surface area (Å²) in [6.45, 7) is 3.40. The molecule has 1 heterocycles. The van der Waals surface area contributed by atoms with Gasteiger partial charge in [0.05, 0.1) is 13.7 Å². The number of carbonyl (C=O) groups excluding carboxylic acids is 1. The molecule has 2 aliphatic rings. The third-order valence-electron chi connectivity index (χ3n) is 4.60.